The Labute approximate surface area is 177 Å². The quantitative estimate of drug-likeness (QED) is 0.677. The summed E-state index contributed by atoms with van der Waals surface area (Å²) in [5, 5.41) is 8.85. The van der Waals surface area contributed by atoms with Crippen LogP contribution in [0.5, 0.6) is 0 Å². The van der Waals surface area contributed by atoms with Gasteiger partial charge in [0.05, 0.1) is 13.2 Å². The number of hydrogen-bond acceptors (Lipinski definition) is 8. The number of aryl methyl sites for hydroxylation is 1. The zero-order valence-electron chi connectivity index (χ0n) is 17.7. The van der Waals surface area contributed by atoms with E-state index in [0.29, 0.717) is 39.4 Å². The third-order valence-electron chi connectivity index (χ3n) is 5.54. The predicted octanol–water partition coefficient (Wildman–Crippen LogP) is 0.681. The highest BCUT2D eigenvalue weighted by Crippen LogP contribution is 2.22. The first-order valence-corrected chi connectivity index (χ1v) is 11.7. The van der Waals surface area contributed by atoms with E-state index in [1.165, 1.54) is 4.31 Å². The Morgan fingerprint density at radius 2 is 1.50 bits per heavy atom. The third kappa shape index (κ3) is 4.14. The molecule has 0 unspecified atom stereocenters. The van der Waals surface area contributed by atoms with Crippen LogP contribution in [0, 0.1) is 0 Å². The molecule has 164 valence electrons. The molecule has 0 atom stereocenters. The normalized spacial score (nSPS) is 18.9. The van der Waals surface area contributed by atoms with E-state index in [1.807, 2.05) is 33.0 Å². The van der Waals surface area contributed by atoms with Crippen molar-refractivity contribution < 1.29 is 13.2 Å². The van der Waals surface area contributed by atoms with E-state index in [9.17, 15) is 8.42 Å². The SMILES string of the molecule is CC(C)c1nc(S(=O)(=O)N2CCN(c3ccc(N4CCOCC4)nn3)CC2)cn1C. The molecule has 4 heterocycles. The molecule has 0 saturated carbocycles. The van der Waals surface area contributed by atoms with Gasteiger partial charge in [-0.3, -0.25) is 0 Å². The van der Waals surface area contributed by atoms with Gasteiger partial charge >= 0.3 is 0 Å². The van der Waals surface area contributed by atoms with Gasteiger partial charge in [0.1, 0.15) is 5.82 Å². The van der Waals surface area contributed by atoms with Gasteiger partial charge in [-0.1, -0.05) is 13.8 Å². The van der Waals surface area contributed by atoms with E-state index in [2.05, 4.69) is 25.0 Å². The number of rotatable bonds is 5. The van der Waals surface area contributed by atoms with Crippen LogP contribution in [0.25, 0.3) is 0 Å². The van der Waals surface area contributed by atoms with Crippen LogP contribution in [0.15, 0.2) is 23.4 Å². The molecule has 0 aromatic carbocycles. The summed E-state index contributed by atoms with van der Waals surface area (Å²) in [5.74, 6) is 2.54. The second-order valence-electron chi connectivity index (χ2n) is 7.94. The lowest BCUT2D eigenvalue weighted by molar-refractivity contribution is 0.122. The summed E-state index contributed by atoms with van der Waals surface area (Å²) in [4.78, 5) is 8.60. The van der Waals surface area contributed by atoms with Gasteiger partial charge in [0.2, 0.25) is 0 Å². The number of ether oxygens (including phenoxy) is 1. The van der Waals surface area contributed by atoms with Crippen molar-refractivity contribution in [3.8, 4) is 0 Å². The molecule has 4 rings (SSSR count). The van der Waals surface area contributed by atoms with Gasteiger partial charge in [-0.05, 0) is 12.1 Å². The lowest BCUT2D eigenvalue weighted by atomic mass is 10.2. The maximum absolute atomic E-state index is 13.0. The minimum atomic E-state index is -3.60. The number of aromatic nitrogens is 4. The first-order chi connectivity index (χ1) is 14.4. The molecule has 2 fully saturated rings. The summed E-state index contributed by atoms with van der Waals surface area (Å²) >= 11 is 0. The van der Waals surface area contributed by atoms with E-state index in [0.717, 1.165) is 30.5 Å². The minimum Gasteiger partial charge on any atom is -0.378 e. The largest absolute Gasteiger partial charge is 0.378 e. The maximum Gasteiger partial charge on any atom is 0.262 e. The summed E-state index contributed by atoms with van der Waals surface area (Å²) in [6.45, 7) is 8.96. The van der Waals surface area contributed by atoms with Crippen molar-refractivity contribution >= 4 is 21.7 Å². The fraction of sp³-hybridized carbons (Fsp3) is 0.632. The second kappa shape index (κ2) is 8.48. The van der Waals surface area contributed by atoms with E-state index >= 15 is 0 Å². The highest BCUT2D eigenvalue weighted by Gasteiger charge is 2.31. The molecule has 10 nitrogen and oxygen atoms in total. The fourth-order valence-electron chi connectivity index (χ4n) is 3.85. The van der Waals surface area contributed by atoms with Gasteiger partial charge < -0.3 is 19.1 Å². The fourth-order valence-corrected chi connectivity index (χ4v) is 5.26. The summed E-state index contributed by atoms with van der Waals surface area (Å²) in [6.07, 6.45) is 1.60. The standard InChI is InChI=1S/C19H29N7O3S/c1-15(2)19-20-18(14-23(19)3)30(27,28)26-8-6-24(7-9-26)16-4-5-17(22-21-16)25-10-12-29-13-11-25/h4-5,14-15H,6-13H2,1-3H3. The van der Waals surface area contributed by atoms with E-state index in [1.54, 1.807) is 10.8 Å². The molecule has 0 bridgehead atoms. The lowest BCUT2D eigenvalue weighted by Gasteiger charge is -2.34. The van der Waals surface area contributed by atoms with Crippen LogP contribution in [0.4, 0.5) is 11.6 Å². The summed E-state index contributed by atoms with van der Waals surface area (Å²) < 4.78 is 34.7. The first kappa shape index (κ1) is 21.0. The average molecular weight is 436 g/mol. The number of anilines is 2. The number of nitrogens with zero attached hydrogens (tertiary/aromatic N) is 7. The predicted molar refractivity (Wildman–Crippen MR) is 113 cm³/mol. The molecule has 0 aliphatic carbocycles. The highest BCUT2D eigenvalue weighted by molar-refractivity contribution is 7.89. The molecule has 2 aliphatic rings. The van der Waals surface area contributed by atoms with Crippen molar-refractivity contribution in [3.63, 3.8) is 0 Å². The molecule has 2 saturated heterocycles. The molecule has 2 aromatic rings. The number of piperazine rings is 1. The van der Waals surface area contributed by atoms with E-state index in [-0.39, 0.29) is 10.9 Å². The van der Waals surface area contributed by atoms with Crippen LogP contribution < -0.4 is 9.80 Å². The molecule has 0 N–H and O–H groups in total. The molecule has 2 aromatic heterocycles. The molecule has 0 spiro atoms. The van der Waals surface area contributed by atoms with Crippen LogP contribution in [-0.2, 0) is 21.8 Å². The van der Waals surface area contributed by atoms with Crippen LogP contribution in [0.3, 0.4) is 0 Å². The smallest absolute Gasteiger partial charge is 0.262 e. The van der Waals surface area contributed by atoms with Crippen molar-refractivity contribution in [1.29, 1.82) is 0 Å². The van der Waals surface area contributed by atoms with Crippen molar-refractivity contribution in [3.05, 3.63) is 24.2 Å². The Morgan fingerprint density at radius 3 is 2.00 bits per heavy atom. The van der Waals surface area contributed by atoms with Gasteiger partial charge in [0, 0.05) is 58.4 Å². The highest BCUT2D eigenvalue weighted by atomic mass is 32.2. The molecule has 2 aliphatic heterocycles. The third-order valence-corrected chi connectivity index (χ3v) is 7.32. The monoisotopic (exact) mass is 435 g/mol. The number of morpholine rings is 1. The zero-order chi connectivity index (χ0) is 21.3. The minimum absolute atomic E-state index is 0.122. The van der Waals surface area contributed by atoms with Crippen molar-refractivity contribution in [2.75, 3.05) is 62.3 Å². The van der Waals surface area contributed by atoms with Gasteiger partial charge in [-0.15, -0.1) is 10.2 Å². The van der Waals surface area contributed by atoms with Crippen molar-refractivity contribution in [2.45, 2.75) is 24.8 Å². The van der Waals surface area contributed by atoms with Gasteiger partial charge in [-0.25, -0.2) is 13.4 Å². The summed E-state index contributed by atoms with van der Waals surface area (Å²) in [5.41, 5.74) is 0. The molecule has 30 heavy (non-hydrogen) atoms. The maximum atomic E-state index is 13.0. The molecular formula is C19H29N7O3S. The molecule has 0 amide bonds. The summed E-state index contributed by atoms with van der Waals surface area (Å²) in [7, 11) is -1.77. The van der Waals surface area contributed by atoms with Crippen molar-refractivity contribution in [2.24, 2.45) is 7.05 Å². The number of imidazole rings is 1. The first-order valence-electron chi connectivity index (χ1n) is 10.3. The molecule has 0 radical (unpaired) electrons. The number of sulfonamides is 1. The van der Waals surface area contributed by atoms with E-state index in [4.69, 9.17) is 4.74 Å². The Balaban J connectivity index is 1.40. The van der Waals surface area contributed by atoms with Crippen molar-refractivity contribution in [1.82, 2.24) is 24.1 Å². The van der Waals surface area contributed by atoms with Gasteiger partial charge in [0.15, 0.2) is 16.7 Å². The second-order valence-corrected chi connectivity index (χ2v) is 9.83. The average Bonchev–Trinajstić information content (AvgIpc) is 3.17. The van der Waals surface area contributed by atoms with Gasteiger partial charge in [-0.2, -0.15) is 4.31 Å². The van der Waals surface area contributed by atoms with Crippen LogP contribution in [0.2, 0.25) is 0 Å². The Hall–Kier alpha value is -2.24. The number of hydrogen-bond donors (Lipinski definition) is 0. The molecule has 11 heteroatoms. The van der Waals surface area contributed by atoms with Crippen LogP contribution in [0.1, 0.15) is 25.6 Å². The lowest BCUT2D eigenvalue weighted by Crippen LogP contribution is -2.49. The van der Waals surface area contributed by atoms with Gasteiger partial charge in [0.25, 0.3) is 10.0 Å². The summed E-state index contributed by atoms with van der Waals surface area (Å²) in [6, 6.07) is 3.92. The Morgan fingerprint density at radius 1 is 0.933 bits per heavy atom. The zero-order valence-corrected chi connectivity index (χ0v) is 18.5. The Kier molecular flexibility index (Phi) is 5.94. The molecular weight excluding hydrogens is 406 g/mol. The van der Waals surface area contributed by atoms with Crippen LogP contribution >= 0.6 is 0 Å². The Bertz CT molecular complexity index is 961. The van der Waals surface area contributed by atoms with E-state index < -0.39 is 10.0 Å². The van der Waals surface area contributed by atoms with Crippen LogP contribution in [-0.4, -0.2) is 85.0 Å². The topological polar surface area (TPSA) is 96.7 Å².